The summed E-state index contributed by atoms with van der Waals surface area (Å²) in [4.78, 5) is 28.0. The van der Waals surface area contributed by atoms with Crippen LogP contribution in [-0.4, -0.2) is 122 Å². The summed E-state index contributed by atoms with van der Waals surface area (Å²) in [5.74, 6) is -0.430. The molecule has 1 amide bonds. The van der Waals surface area contributed by atoms with E-state index in [0.717, 1.165) is 50.3 Å². The number of hydrogen-bond donors (Lipinski definition) is 8. The van der Waals surface area contributed by atoms with Crippen molar-refractivity contribution in [3.63, 3.8) is 0 Å². The molecule has 0 radical (unpaired) electrons. The van der Waals surface area contributed by atoms with Gasteiger partial charge < -0.3 is 31.2 Å². The summed E-state index contributed by atoms with van der Waals surface area (Å²) in [7, 11) is 0. The fourth-order valence-corrected chi connectivity index (χ4v) is 9.66. The highest BCUT2D eigenvalue weighted by molar-refractivity contribution is 8.03. The first-order valence-corrected chi connectivity index (χ1v) is 17.1. The molecule has 7 rings (SSSR count). The van der Waals surface area contributed by atoms with Gasteiger partial charge in [0.15, 0.2) is 5.78 Å². The lowest BCUT2D eigenvalue weighted by molar-refractivity contribution is -0.431. The van der Waals surface area contributed by atoms with Crippen molar-refractivity contribution in [3.05, 3.63) is 11.1 Å². The fourth-order valence-electron chi connectivity index (χ4n) is 8.09. The maximum absolute atomic E-state index is 13.0. The van der Waals surface area contributed by atoms with Gasteiger partial charge in [-0.25, -0.2) is 5.43 Å². The van der Waals surface area contributed by atoms with E-state index in [1.165, 1.54) is 12.8 Å². The number of fused-ring (bicyclic) bond motifs is 2. The van der Waals surface area contributed by atoms with Gasteiger partial charge in [-0.05, 0) is 25.7 Å². The number of thioether (sulfide) groups is 1. The third-order valence-electron chi connectivity index (χ3n) is 10.5. The Hall–Kier alpha value is -1.37. The van der Waals surface area contributed by atoms with Gasteiger partial charge in [-0.15, -0.1) is 11.8 Å². The number of carbonyl (C=O) groups excluding carboxylic acids is 2. The van der Waals surface area contributed by atoms with E-state index in [1.54, 1.807) is 6.08 Å². The van der Waals surface area contributed by atoms with Gasteiger partial charge >= 0.3 is 0 Å². The molecule has 0 aromatic heterocycles. The van der Waals surface area contributed by atoms with Gasteiger partial charge in [0, 0.05) is 50.1 Å². The number of hydrazine groups is 1. The number of amides is 1. The summed E-state index contributed by atoms with van der Waals surface area (Å²) in [6.07, 6.45) is 7.36. The number of rotatable bonds is 7. The minimum absolute atomic E-state index is 0.0922. The van der Waals surface area contributed by atoms with Crippen LogP contribution in [0.25, 0.3) is 0 Å². The third-order valence-corrected chi connectivity index (χ3v) is 12.0. The molecular formula is C28H49N10O4S+. The van der Waals surface area contributed by atoms with Crippen molar-refractivity contribution in [2.45, 2.75) is 92.7 Å². The molecule has 0 spiro atoms. The normalized spacial score (nSPS) is 44.1. The van der Waals surface area contributed by atoms with E-state index >= 15 is 0 Å². The number of nitrogens with two attached hydrogens (primary N) is 1. The number of piperidine rings is 1. The van der Waals surface area contributed by atoms with Crippen molar-refractivity contribution in [1.29, 1.82) is 0 Å². The van der Waals surface area contributed by atoms with Crippen LogP contribution in [0.15, 0.2) is 11.1 Å². The van der Waals surface area contributed by atoms with E-state index in [-0.39, 0.29) is 59.7 Å². The van der Waals surface area contributed by atoms with Gasteiger partial charge in [0.05, 0.1) is 67.1 Å². The van der Waals surface area contributed by atoms with Crippen LogP contribution in [0.5, 0.6) is 0 Å². The van der Waals surface area contributed by atoms with Crippen molar-refractivity contribution in [2.75, 3.05) is 46.1 Å². The molecule has 1 aliphatic carbocycles. The predicted octanol–water partition coefficient (Wildman–Crippen LogP) is -3.28. The number of carbonyl (C=O) groups is 2. The summed E-state index contributed by atoms with van der Waals surface area (Å²) < 4.78 is 11.6. The Morgan fingerprint density at radius 3 is 2.72 bits per heavy atom. The molecule has 15 heteroatoms. The van der Waals surface area contributed by atoms with Gasteiger partial charge in [-0.1, -0.05) is 6.42 Å². The average molecular weight is 622 g/mol. The lowest BCUT2D eigenvalue weighted by atomic mass is 9.87. The molecule has 11 atom stereocenters. The van der Waals surface area contributed by atoms with Gasteiger partial charge in [-0.2, -0.15) is 5.01 Å². The lowest BCUT2D eigenvalue weighted by Crippen LogP contribution is -2.79. The molecule has 6 heterocycles. The molecule has 0 aromatic carbocycles. The molecular weight excluding hydrogens is 572 g/mol. The highest BCUT2D eigenvalue weighted by Crippen LogP contribution is 2.43. The quantitative estimate of drug-likeness (QED) is 0.142. The molecule has 11 N–H and O–H groups in total. The molecule has 6 aliphatic heterocycles. The number of ketones is 1. The minimum Gasteiger partial charge on any atom is -0.378 e. The summed E-state index contributed by atoms with van der Waals surface area (Å²) in [6, 6.07) is 1.13. The number of quaternary nitrogens is 1. The molecule has 6 fully saturated rings. The number of morpholine rings is 1. The molecule has 0 bridgehead atoms. The fraction of sp³-hybridized carbons (Fsp3) is 0.857. The maximum atomic E-state index is 13.0. The zero-order valence-electron chi connectivity index (χ0n) is 24.8. The largest absolute Gasteiger partial charge is 0.378 e. The molecule has 5 saturated heterocycles. The monoisotopic (exact) mass is 621 g/mol. The minimum atomic E-state index is -0.452. The van der Waals surface area contributed by atoms with E-state index < -0.39 is 5.92 Å². The smallest absolute Gasteiger partial charge is 0.226 e. The first-order valence-electron chi connectivity index (χ1n) is 16.2. The van der Waals surface area contributed by atoms with E-state index in [1.807, 2.05) is 11.8 Å². The molecule has 7 aliphatic rings. The van der Waals surface area contributed by atoms with Crippen LogP contribution in [0.2, 0.25) is 0 Å². The Labute approximate surface area is 257 Å². The van der Waals surface area contributed by atoms with Crippen LogP contribution in [0.3, 0.4) is 0 Å². The second kappa shape index (κ2) is 13.2. The molecule has 9 unspecified atom stereocenters. The second-order valence-corrected chi connectivity index (χ2v) is 14.3. The number of nitrogens with zero attached hydrogens (tertiary/aromatic N) is 2. The summed E-state index contributed by atoms with van der Waals surface area (Å²) in [6.45, 7) is 5.00. The van der Waals surface area contributed by atoms with Gasteiger partial charge in [-0.3, -0.25) is 30.9 Å². The van der Waals surface area contributed by atoms with Crippen molar-refractivity contribution in [1.82, 2.24) is 41.9 Å². The number of primary amides is 1. The first-order chi connectivity index (χ1) is 21.0. The summed E-state index contributed by atoms with van der Waals surface area (Å²) in [5.41, 5.74) is 13.8. The van der Waals surface area contributed by atoms with E-state index in [0.29, 0.717) is 38.6 Å². The van der Waals surface area contributed by atoms with Crippen LogP contribution in [-0.2, 0) is 19.1 Å². The van der Waals surface area contributed by atoms with Crippen LogP contribution in [0, 0.1) is 11.8 Å². The van der Waals surface area contributed by atoms with Gasteiger partial charge in [0.1, 0.15) is 12.4 Å². The Kier molecular flexibility index (Phi) is 9.27. The van der Waals surface area contributed by atoms with Crippen molar-refractivity contribution >= 4 is 23.5 Å². The van der Waals surface area contributed by atoms with Crippen LogP contribution in [0.1, 0.15) is 38.5 Å². The molecule has 14 nitrogen and oxygen atoms in total. The Balaban J connectivity index is 0.977. The SMILES string of the molecule is NC(=O)C1C(NC2CCC(C3COC4C(=O)C=C(N5CCOCC5)SC43)NC2)NC(N[C@H]2CCCC[C@H]2[NH3+])N2NCNC12. The Bertz CT molecular complexity index is 1060. The van der Waals surface area contributed by atoms with Crippen molar-refractivity contribution in [2.24, 2.45) is 17.6 Å². The lowest BCUT2D eigenvalue weighted by Gasteiger charge is -2.48. The van der Waals surface area contributed by atoms with Crippen LogP contribution >= 0.6 is 11.8 Å². The van der Waals surface area contributed by atoms with Gasteiger partial charge in [0.2, 0.25) is 5.91 Å². The number of nitrogens with one attached hydrogen (secondary N) is 6. The van der Waals surface area contributed by atoms with Crippen LogP contribution < -0.4 is 43.5 Å². The average Bonchev–Trinajstić information content (AvgIpc) is 3.67. The topological polar surface area (TPSA) is 185 Å². The Morgan fingerprint density at radius 2 is 1.95 bits per heavy atom. The highest BCUT2D eigenvalue weighted by Gasteiger charge is 2.51. The van der Waals surface area contributed by atoms with Crippen LogP contribution in [0.4, 0.5) is 0 Å². The molecule has 0 aromatic rings. The summed E-state index contributed by atoms with van der Waals surface area (Å²) >= 11 is 1.81. The Morgan fingerprint density at radius 1 is 1.12 bits per heavy atom. The third kappa shape index (κ3) is 6.23. The highest BCUT2D eigenvalue weighted by atomic mass is 32.2. The zero-order valence-corrected chi connectivity index (χ0v) is 25.7. The second-order valence-electron chi connectivity index (χ2n) is 13.1. The van der Waals surface area contributed by atoms with E-state index in [4.69, 9.17) is 15.2 Å². The van der Waals surface area contributed by atoms with Crippen molar-refractivity contribution < 1.29 is 24.8 Å². The van der Waals surface area contributed by atoms with E-state index in [9.17, 15) is 9.59 Å². The predicted molar refractivity (Wildman–Crippen MR) is 160 cm³/mol. The standard InChI is InChI=1S/C28H48N10O4S/c29-17-3-1-2-4-19(17)35-28-36-26(22(25(30)40)27-32-14-33-38(27)28)34-15-5-6-18(31-12-15)16-13-42-23-20(39)11-21(43-24(16)23)37-7-9-41-10-8-37/h11,15-19,22-24,26-28,31-36H,1-10,12-14,29H2,(H2,30,40)/p+1/t15?,16?,17-,18?,19+,22?,23?,24?,26?,27?,28?/m1/s1. The zero-order chi connectivity index (χ0) is 29.5. The van der Waals surface area contributed by atoms with Gasteiger partial charge in [0.25, 0.3) is 0 Å². The van der Waals surface area contributed by atoms with E-state index in [2.05, 4.69) is 47.7 Å². The number of ether oxygens (including phenoxy) is 2. The number of hydrogen-bond acceptors (Lipinski definition) is 13. The maximum Gasteiger partial charge on any atom is 0.226 e. The van der Waals surface area contributed by atoms with Crippen molar-refractivity contribution in [3.8, 4) is 0 Å². The first kappa shape index (κ1) is 30.3. The molecule has 43 heavy (non-hydrogen) atoms. The summed E-state index contributed by atoms with van der Waals surface area (Å²) in [5, 5.41) is 21.7. The molecule has 240 valence electrons. The molecule has 1 saturated carbocycles.